The van der Waals surface area contributed by atoms with Crippen LogP contribution < -0.4 is 0 Å². The van der Waals surface area contributed by atoms with Crippen LogP contribution in [-0.2, 0) is 14.3 Å². The van der Waals surface area contributed by atoms with E-state index in [1.807, 2.05) is 0 Å². The predicted octanol–water partition coefficient (Wildman–Crippen LogP) is 1.76. The molecule has 0 saturated carbocycles. The highest BCUT2D eigenvalue weighted by atomic mass is 16.5. The number of hydrogen-bond acceptors (Lipinski definition) is 4. The van der Waals surface area contributed by atoms with Crippen molar-refractivity contribution in [1.29, 1.82) is 0 Å². The first-order chi connectivity index (χ1) is 8.54. The monoisotopic (exact) mass is 259 g/mol. The fourth-order valence-corrected chi connectivity index (χ4v) is 1.72. The zero-order chi connectivity index (χ0) is 14.0. The van der Waals surface area contributed by atoms with Crippen molar-refractivity contribution >= 4 is 11.9 Å². The molecule has 0 aromatic heterocycles. The summed E-state index contributed by atoms with van der Waals surface area (Å²) >= 11 is 0. The Morgan fingerprint density at radius 3 is 2.28 bits per heavy atom. The lowest BCUT2D eigenvalue weighted by atomic mass is 10.0. The molecule has 0 heterocycles. The average molecular weight is 259 g/mol. The van der Waals surface area contributed by atoms with Gasteiger partial charge < -0.3 is 14.7 Å². The molecule has 5 heteroatoms. The van der Waals surface area contributed by atoms with E-state index in [9.17, 15) is 9.59 Å². The number of carboxylic acids is 1. The molecular weight excluding hydrogens is 234 g/mol. The number of hydrogen-bond donors (Lipinski definition) is 1. The molecule has 106 valence electrons. The highest BCUT2D eigenvalue weighted by molar-refractivity contribution is 5.78. The minimum absolute atomic E-state index is 0.147. The van der Waals surface area contributed by atoms with E-state index in [2.05, 4.69) is 18.7 Å². The van der Waals surface area contributed by atoms with Crippen LogP contribution in [0.5, 0.6) is 0 Å². The van der Waals surface area contributed by atoms with E-state index in [1.54, 1.807) is 6.92 Å². The van der Waals surface area contributed by atoms with Crippen LogP contribution in [-0.4, -0.2) is 48.2 Å². The highest BCUT2D eigenvalue weighted by Crippen LogP contribution is 2.10. The van der Waals surface area contributed by atoms with Gasteiger partial charge >= 0.3 is 11.9 Å². The summed E-state index contributed by atoms with van der Waals surface area (Å²) in [7, 11) is 0. The summed E-state index contributed by atoms with van der Waals surface area (Å²) in [6.45, 7) is 9.22. The van der Waals surface area contributed by atoms with Gasteiger partial charge in [-0.1, -0.05) is 20.8 Å². The van der Waals surface area contributed by atoms with Crippen molar-refractivity contribution in [1.82, 2.24) is 4.90 Å². The Morgan fingerprint density at radius 2 is 1.83 bits per heavy atom. The van der Waals surface area contributed by atoms with E-state index in [1.165, 1.54) is 0 Å². The van der Waals surface area contributed by atoms with Crippen molar-refractivity contribution in [3.63, 3.8) is 0 Å². The molecule has 0 aromatic carbocycles. The van der Waals surface area contributed by atoms with Crippen LogP contribution in [0.1, 0.15) is 40.0 Å². The maximum Gasteiger partial charge on any atom is 0.309 e. The fraction of sp³-hybridized carbons (Fsp3) is 0.846. The lowest BCUT2D eigenvalue weighted by Gasteiger charge is -2.18. The second kappa shape index (κ2) is 9.88. The van der Waals surface area contributed by atoms with Gasteiger partial charge in [0.1, 0.15) is 0 Å². The molecule has 0 aromatic rings. The molecule has 1 N–H and O–H groups in total. The summed E-state index contributed by atoms with van der Waals surface area (Å²) in [6, 6.07) is 0. The van der Waals surface area contributed by atoms with Gasteiger partial charge in [0, 0.05) is 6.54 Å². The molecule has 0 spiro atoms. The summed E-state index contributed by atoms with van der Waals surface area (Å²) < 4.78 is 5.11. The van der Waals surface area contributed by atoms with Crippen LogP contribution in [0.3, 0.4) is 0 Å². The predicted molar refractivity (Wildman–Crippen MR) is 69.4 cm³/mol. The minimum atomic E-state index is -0.957. The Hall–Kier alpha value is -1.10. The van der Waals surface area contributed by atoms with Gasteiger partial charge in [-0.25, -0.2) is 0 Å². The van der Waals surface area contributed by atoms with E-state index in [0.717, 1.165) is 26.1 Å². The van der Waals surface area contributed by atoms with Gasteiger partial charge in [-0.3, -0.25) is 9.59 Å². The fourth-order valence-electron chi connectivity index (χ4n) is 1.72. The largest absolute Gasteiger partial charge is 0.481 e. The Bertz CT molecular complexity index is 251. The molecule has 18 heavy (non-hydrogen) atoms. The molecular formula is C13H25NO4. The number of rotatable bonds is 10. The average Bonchev–Trinajstić information content (AvgIpc) is 2.35. The van der Waals surface area contributed by atoms with Gasteiger partial charge in [-0.05, 0) is 25.9 Å². The lowest BCUT2D eigenvalue weighted by molar-refractivity contribution is -0.153. The normalized spacial score (nSPS) is 12.4. The number of ether oxygens (including phenoxy) is 1. The van der Waals surface area contributed by atoms with E-state index in [0.29, 0.717) is 13.0 Å². The third-order valence-electron chi connectivity index (χ3n) is 3.00. The standard InChI is InChI=1S/C13H25NO4/c1-4-11(10-12(15)16)13(17)18-9-7-8-14(5-2)6-3/h11H,4-10H2,1-3H3,(H,15,16). The van der Waals surface area contributed by atoms with Crippen LogP contribution >= 0.6 is 0 Å². The molecule has 5 nitrogen and oxygen atoms in total. The lowest BCUT2D eigenvalue weighted by Crippen LogP contribution is -2.26. The molecule has 1 atom stereocenters. The zero-order valence-corrected chi connectivity index (χ0v) is 11.6. The van der Waals surface area contributed by atoms with Gasteiger partial charge in [0.2, 0.25) is 0 Å². The molecule has 0 amide bonds. The van der Waals surface area contributed by atoms with E-state index in [-0.39, 0.29) is 12.4 Å². The zero-order valence-electron chi connectivity index (χ0n) is 11.6. The van der Waals surface area contributed by atoms with Gasteiger partial charge in [0.25, 0.3) is 0 Å². The van der Waals surface area contributed by atoms with Crippen molar-refractivity contribution in [2.45, 2.75) is 40.0 Å². The molecule has 0 bridgehead atoms. The molecule has 0 saturated heterocycles. The van der Waals surface area contributed by atoms with Crippen LogP contribution in [0.4, 0.5) is 0 Å². The third-order valence-corrected chi connectivity index (χ3v) is 3.00. The number of carboxylic acid groups (broad SMARTS) is 1. The van der Waals surface area contributed by atoms with Gasteiger partial charge in [-0.15, -0.1) is 0 Å². The molecule has 0 aliphatic heterocycles. The molecule has 0 aliphatic carbocycles. The SMILES string of the molecule is CCC(CC(=O)O)C(=O)OCCCN(CC)CC. The van der Waals surface area contributed by atoms with Crippen molar-refractivity contribution in [2.24, 2.45) is 5.92 Å². The minimum Gasteiger partial charge on any atom is -0.481 e. The van der Waals surface area contributed by atoms with Crippen molar-refractivity contribution in [3.8, 4) is 0 Å². The number of carbonyl (C=O) groups excluding carboxylic acids is 1. The number of nitrogens with zero attached hydrogens (tertiary/aromatic N) is 1. The molecule has 0 aliphatic rings. The Labute approximate surface area is 109 Å². The summed E-state index contributed by atoms with van der Waals surface area (Å²) in [4.78, 5) is 24.4. The summed E-state index contributed by atoms with van der Waals surface area (Å²) in [5, 5.41) is 8.66. The third kappa shape index (κ3) is 7.27. The Kier molecular flexibility index (Phi) is 9.28. The topological polar surface area (TPSA) is 66.8 Å². The maximum absolute atomic E-state index is 11.6. The molecule has 0 rings (SSSR count). The van der Waals surface area contributed by atoms with Gasteiger partial charge in [0.05, 0.1) is 18.9 Å². The summed E-state index contributed by atoms with van der Waals surface area (Å²) in [5.41, 5.74) is 0. The van der Waals surface area contributed by atoms with Crippen molar-refractivity contribution < 1.29 is 19.4 Å². The number of esters is 1. The second-order valence-corrected chi connectivity index (χ2v) is 4.25. The Morgan fingerprint density at radius 1 is 1.22 bits per heavy atom. The van der Waals surface area contributed by atoms with E-state index < -0.39 is 11.9 Å². The van der Waals surface area contributed by atoms with Crippen LogP contribution in [0.25, 0.3) is 0 Å². The Balaban J connectivity index is 3.84. The molecule has 0 radical (unpaired) electrons. The van der Waals surface area contributed by atoms with Crippen molar-refractivity contribution in [2.75, 3.05) is 26.2 Å². The molecule has 0 fully saturated rings. The first-order valence-electron chi connectivity index (χ1n) is 6.65. The smallest absolute Gasteiger partial charge is 0.309 e. The van der Waals surface area contributed by atoms with Crippen LogP contribution in [0.15, 0.2) is 0 Å². The maximum atomic E-state index is 11.6. The van der Waals surface area contributed by atoms with Gasteiger partial charge in [-0.2, -0.15) is 0 Å². The summed E-state index contributed by atoms with van der Waals surface area (Å²) in [6.07, 6.45) is 1.14. The second-order valence-electron chi connectivity index (χ2n) is 4.25. The van der Waals surface area contributed by atoms with Crippen LogP contribution in [0.2, 0.25) is 0 Å². The highest BCUT2D eigenvalue weighted by Gasteiger charge is 2.20. The van der Waals surface area contributed by atoms with Crippen molar-refractivity contribution in [3.05, 3.63) is 0 Å². The summed E-state index contributed by atoms with van der Waals surface area (Å²) in [5.74, 6) is -1.86. The van der Waals surface area contributed by atoms with Crippen LogP contribution in [0, 0.1) is 5.92 Å². The number of aliphatic carboxylic acids is 1. The van der Waals surface area contributed by atoms with E-state index in [4.69, 9.17) is 9.84 Å². The molecule has 1 unspecified atom stereocenters. The van der Waals surface area contributed by atoms with E-state index >= 15 is 0 Å². The van der Waals surface area contributed by atoms with Gasteiger partial charge in [0.15, 0.2) is 0 Å². The first kappa shape index (κ1) is 16.9. The number of carbonyl (C=O) groups is 2. The first-order valence-corrected chi connectivity index (χ1v) is 6.65. The quantitative estimate of drug-likeness (QED) is 0.478.